The van der Waals surface area contributed by atoms with Gasteiger partial charge in [-0.1, -0.05) is 19.9 Å². The Bertz CT molecular complexity index is 611. The lowest BCUT2D eigenvalue weighted by molar-refractivity contribution is -0.138. The van der Waals surface area contributed by atoms with E-state index >= 15 is 0 Å². The summed E-state index contributed by atoms with van der Waals surface area (Å²) in [6, 6.07) is 6.16. The van der Waals surface area contributed by atoms with E-state index in [9.17, 15) is 14.3 Å². The Morgan fingerprint density at radius 1 is 1.30 bits per heavy atom. The van der Waals surface area contributed by atoms with Crippen LogP contribution in [0.4, 0.5) is 4.39 Å². The third-order valence-corrected chi connectivity index (χ3v) is 5.02. The summed E-state index contributed by atoms with van der Waals surface area (Å²) in [6.45, 7) is 5.96. The van der Waals surface area contributed by atoms with Crippen molar-refractivity contribution in [2.24, 2.45) is 0 Å². The summed E-state index contributed by atoms with van der Waals surface area (Å²) in [4.78, 5) is 16.2. The summed E-state index contributed by atoms with van der Waals surface area (Å²) in [7, 11) is 1.48. The molecule has 152 valence electrons. The van der Waals surface area contributed by atoms with Gasteiger partial charge in [-0.2, -0.15) is 0 Å². The molecular weight excluding hydrogens is 351 g/mol. The van der Waals surface area contributed by atoms with Gasteiger partial charge >= 0.3 is 0 Å². The van der Waals surface area contributed by atoms with E-state index in [1.54, 1.807) is 17.0 Å². The van der Waals surface area contributed by atoms with Gasteiger partial charge in [0.1, 0.15) is 30.4 Å². The summed E-state index contributed by atoms with van der Waals surface area (Å²) in [5.41, 5.74) is -1.26. The van der Waals surface area contributed by atoms with Crippen LogP contribution in [0.2, 0.25) is 0 Å². The molecule has 0 radical (unpaired) electrons. The maximum Gasteiger partial charge on any atom is 0.248 e. The fourth-order valence-electron chi connectivity index (χ4n) is 3.60. The molecule has 27 heavy (non-hydrogen) atoms. The zero-order valence-corrected chi connectivity index (χ0v) is 16.5. The van der Waals surface area contributed by atoms with Crippen molar-refractivity contribution >= 4 is 5.91 Å². The second kappa shape index (κ2) is 10.0. The summed E-state index contributed by atoms with van der Waals surface area (Å²) in [5.74, 6) is -0.194. The predicted molar refractivity (Wildman–Crippen MR) is 101 cm³/mol. The standard InChI is InChI=1S/C20H31FN2O4/c1-4-17(5-2)22-9-10-23(19(24)12-26-3)14-20(25,13-22)15-27-18-8-6-7-16(21)11-18/h6-8,11,17,25H,4-5,9-10,12-15H2,1-3H3/t20-/m0/s1. The highest BCUT2D eigenvalue weighted by molar-refractivity contribution is 5.77. The number of nitrogens with zero attached hydrogens (tertiary/aromatic N) is 2. The lowest BCUT2D eigenvalue weighted by atomic mass is 10.0. The number of carbonyl (C=O) groups is 1. The molecule has 0 aliphatic carbocycles. The molecule has 0 spiro atoms. The van der Waals surface area contributed by atoms with Gasteiger partial charge in [0, 0.05) is 38.9 Å². The molecular formula is C20H31FN2O4. The van der Waals surface area contributed by atoms with Crippen molar-refractivity contribution in [3.05, 3.63) is 30.1 Å². The van der Waals surface area contributed by atoms with Gasteiger partial charge in [0.25, 0.3) is 0 Å². The first-order valence-electron chi connectivity index (χ1n) is 9.52. The number of ether oxygens (including phenoxy) is 2. The summed E-state index contributed by atoms with van der Waals surface area (Å²) in [5, 5.41) is 11.3. The highest BCUT2D eigenvalue weighted by atomic mass is 19.1. The third kappa shape index (κ3) is 6.16. The zero-order valence-electron chi connectivity index (χ0n) is 16.5. The predicted octanol–water partition coefficient (Wildman–Crippen LogP) is 1.91. The Labute approximate surface area is 160 Å². The molecule has 6 nitrogen and oxygen atoms in total. The van der Waals surface area contributed by atoms with E-state index in [1.807, 2.05) is 0 Å². The average molecular weight is 382 g/mol. The molecule has 1 amide bonds. The number of hydrogen-bond donors (Lipinski definition) is 1. The van der Waals surface area contributed by atoms with Crippen molar-refractivity contribution in [1.82, 2.24) is 9.80 Å². The Balaban J connectivity index is 2.16. The van der Waals surface area contributed by atoms with Crippen LogP contribution in [0.3, 0.4) is 0 Å². The zero-order chi connectivity index (χ0) is 19.9. The van der Waals surface area contributed by atoms with Gasteiger partial charge in [-0.3, -0.25) is 9.69 Å². The van der Waals surface area contributed by atoms with E-state index in [0.29, 0.717) is 31.4 Å². The van der Waals surface area contributed by atoms with Crippen molar-refractivity contribution < 1.29 is 23.8 Å². The molecule has 1 saturated heterocycles. The van der Waals surface area contributed by atoms with Gasteiger partial charge in [-0.05, 0) is 25.0 Å². The van der Waals surface area contributed by atoms with E-state index in [-0.39, 0.29) is 25.7 Å². The van der Waals surface area contributed by atoms with Gasteiger partial charge in [0.05, 0.1) is 6.54 Å². The lowest BCUT2D eigenvalue weighted by Gasteiger charge is -2.35. The average Bonchev–Trinajstić information content (AvgIpc) is 2.81. The molecule has 0 saturated carbocycles. The van der Waals surface area contributed by atoms with Crippen molar-refractivity contribution in [3.8, 4) is 5.75 Å². The van der Waals surface area contributed by atoms with Crippen LogP contribution in [0.25, 0.3) is 0 Å². The van der Waals surface area contributed by atoms with Crippen LogP contribution in [0.1, 0.15) is 26.7 Å². The summed E-state index contributed by atoms with van der Waals surface area (Å²) in [6.07, 6.45) is 1.92. The number of methoxy groups -OCH3 is 1. The van der Waals surface area contributed by atoms with Gasteiger partial charge in [-0.15, -0.1) is 0 Å². The number of benzene rings is 1. The Kier molecular flexibility index (Phi) is 8.01. The van der Waals surface area contributed by atoms with E-state index in [0.717, 1.165) is 12.8 Å². The molecule has 1 aliphatic rings. The van der Waals surface area contributed by atoms with Crippen molar-refractivity contribution in [2.45, 2.75) is 38.3 Å². The molecule has 1 aromatic rings. The number of rotatable bonds is 8. The SMILES string of the molecule is CCC(CC)N1CCN(C(=O)COC)C[C@](O)(COc2cccc(F)c2)C1. The summed E-state index contributed by atoms with van der Waals surface area (Å²) < 4.78 is 24.0. The Morgan fingerprint density at radius 3 is 2.67 bits per heavy atom. The molecule has 1 aliphatic heterocycles. The lowest BCUT2D eigenvalue weighted by Crippen LogP contribution is -2.53. The number of amides is 1. The minimum atomic E-state index is -1.26. The van der Waals surface area contributed by atoms with E-state index in [2.05, 4.69) is 18.7 Å². The van der Waals surface area contributed by atoms with Crippen LogP contribution in [0.15, 0.2) is 24.3 Å². The van der Waals surface area contributed by atoms with E-state index in [1.165, 1.54) is 19.2 Å². The fourth-order valence-corrected chi connectivity index (χ4v) is 3.60. The Morgan fingerprint density at radius 2 is 2.04 bits per heavy atom. The topological polar surface area (TPSA) is 62.2 Å². The van der Waals surface area contributed by atoms with Gasteiger partial charge in [0.15, 0.2) is 0 Å². The molecule has 1 N–H and O–H groups in total. The first-order valence-corrected chi connectivity index (χ1v) is 9.52. The quantitative estimate of drug-likeness (QED) is 0.744. The highest BCUT2D eigenvalue weighted by Gasteiger charge is 2.38. The number of halogens is 1. The number of β-amino-alcohol motifs (C(OH)–C–C–N with tert-alkyl or cyclic N) is 1. The minimum absolute atomic E-state index is 0.0220. The molecule has 1 heterocycles. The molecule has 1 fully saturated rings. The fraction of sp³-hybridized carbons (Fsp3) is 0.650. The van der Waals surface area contributed by atoms with Crippen LogP contribution >= 0.6 is 0 Å². The van der Waals surface area contributed by atoms with Crippen molar-refractivity contribution in [2.75, 3.05) is 46.5 Å². The number of carbonyl (C=O) groups excluding carboxylic acids is 1. The maximum atomic E-state index is 13.4. The molecule has 0 bridgehead atoms. The highest BCUT2D eigenvalue weighted by Crippen LogP contribution is 2.22. The van der Waals surface area contributed by atoms with Crippen LogP contribution in [0, 0.1) is 5.82 Å². The first kappa shape index (κ1) is 21.6. The van der Waals surface area contributed by atoms with Gasteiger partial charge < -0.3 is 19.5 Å². The molecule has 1 atom stereocenters. The Hall–Kier alpha value is -1.70. The second-order valence-electron chi connectivity index (χ2n) is 7.16. The smallest absolute Gasteiger partial charge is 0.248 e. The molecule has 1 aromatic carbocycles. The van der Waals surface area contributed by atoms with Gasteiger partial charge in [0.2, 0.25) is 5.91 Å². The third-order valence-electron chi connectivity index (χ3n) is 5.02. The molecule has 2 rings (SSSR count). The second-order valence-corrected chi connectivity index (χ2v) is 7.16. The summed E-state index contributed by atoms with van der Waals surface area (Å²) >= 11 is 0. The number of hydrogen-bond acceptors (Lipinski definition) is 5. The first-order chi connectivity index (χ1) is 12.9. The minimum Gasteiger partial charge on any atom is -0.490 e. The van der Waals surface area contributed by atoms with E-state index < -0.39 is 11.4 Å². The molecule has 7 heteroatoms. The van der Waals surface area contributed by atoms with Crippen LogP contribution in [-0.4, -0.2) is 79.0 Å². The normalized spacial score (nSPS) is 21.3. The van der Waals surface area contributed by atoms with Gasteiger partial charge in [-0.25, -0.2) is 4.39 Å². The van der Waals surface area contributed by atoms with Crippen LogP contribution in [0.5, 0.6) is 5.75 Å². The van der Waals surface area contributed by atoms with Crippen LogP contribution in [-0.2, 0) is 9.53 Å². The van der Waals surface area contributed by atoms with Crippen LogP contribution < -0.4 is 4.74 Å². The van der Waals surface area contributed by atoms with Crippen molar-refractivity contribution in [1.29, 1.82) is 0 Å². The van der Waals surface area contributed by atoms with Crippen molar-refractivity contribution in [3.63, 3.8) is 0 Å². The molecule has 0 unspecified atom stereocenters. The van der Waals surface area contributed by atoms with E-state index in [4.69, 9.17) is 9.47 Å². The molecule has 0 aromatic heterocycles. The maximum absolute atomic E-state index is 13.4. The largest absolute Gasteiger partial charge is 0.490 e. The monoisotopic (exact) mass is 382 g/mol. The number of aliphatic hydroxyl groups is 1.